The number of hydrogen-bond acceptors (Lipinski definition) is 5. The molecule has 0 saturated carbocycles. The number of nitrogens with zero attached hydrogens (tertiary/aromatic N) is 2. The van der Waals surface area contributed by atoms with Gasteiger partial charge in [-0.2, -0.15) is 5.10 Å². The molecule has 2 rings (SSSR count). The van der Waals surface area contributed by atoms with Gasteiger partial charge < -0.3 is 5.73 Å². The minimum Gasteiger partial charge on any atom is -0.399 e. The summed E-state index contributed by atoms with van der Waals surface area (Å²) in [4.78, 5) is 0.961. The first kappa shape index (κ1) is 15.7. The summed E-state index contributed by atoms with van der Waals surface area (Å²) in [5.74, 6) is 0.485. The van der Waals surface area contributed by atoms with Crippen molar-refractivity contribution in [3.05, 3.63) is 36.2 Å². The van der Waals surface area contributed by atoms with Crippen molar-refractivity contribution in [2.24, 2.45) is 7.05 Å². The molecule has 0 aliphatic heterocycles. The SMILES string of the molecule is Cc1nn(C)cc1NS(=O)(=O)CCSc1cccc(N)c1. The van der Waals surface area contributed by atoms with E-state index >= 15 is 0 Å². The second-order valence-electron chi connectivity index (χ2n) is 4.64. The van der Waals surface area contributed by atoms with Crippen LogP contribution >= 0.6 is 11.8 Å². The number of benzene rings is 1. The Balaban J connectivity index is 1.91. The highest BCUT2D eigenvalue weighted by Gasteiger charge is 2.13. The number of aryl methyl sites for hydroxylation is 2. The molecule has 0 aliphatic rings. The molecule has 0 radical (unpaired) electrons. The van der Waals surface area contributed by atoms with Gasteiger partial charge in [0.15, 0.2) is 0 Å². The van der Waals surface area contributed by atoms with Crippen molar-refractivity contribution >= 4 is 33.2 Å². The quantitative estimate of drug-likeness (QED) is 0.624. The molecule has 0 atom stereocenters. The second kappa shape index (κ2) is 6.40. The van der Waals surface area contributed by atoms with Crippen LogP contribution in [0.15, 0.2) is 35.4 Å². The number of nitrogens with two attached hydrogens (primary N) is 1. The zero-order valence-electron chi connectivity index (χ0n) is 11.9. The van der Waals surface area contributed by atoms with E-state index in [4.69, 9.17) is 5.73 Å². The van der Waals surface area contributed by atoms with Crippen molar-refractivity contribution in [1.82, 2.24) is 9.78 Å². The molecule has 6 nitrogen and oxygen atoms in total. The van der Waals surface area contributed by atoms with Crippen LogP contribution in [-0.4, -0.2) is 29.7 Å². The van der Waals surface area contributed by atoms with Gasteiger partial charge in [0.25, 0.3) is 0 Å². The maximum absolute atomic E-state index is 12.0. The minimum atomic E-state index is -3.38. The standard InChI is InChI=1S/C13H18N4O2S2/c1-10-13(9-17(2)15-10)16-21(18,19)7-6-20-12-5-3-4-11(14)8-12/h3-5,8-9,16H,6-7,14H2,1-2H3. The first-order valence-corrected chi connectivity index (χ1v) is 8.98. The zero-order valence-corrected chi connectivity index (χ0v) is 13.5. The average molecular weight is 326 g/mol. The maximum Gasteiger partial charge on any atom is 0.233 e. The Morgan fingerprint density at radius 3 is 2.81 bits per heavy atom. The van der Waals surface area contributed by atoms with Gasteiger partial charge in [-0.05, 0) is 25.1 Å². The molecular formula is C13H18N4O2S2. The number of hydrogen-bond donors (Lipinski definition) is 2. The fraction of sp³-hybridized carbons (Fsp3) is 0.308. The number of aromatic nitrogens is 2. The second-order valence-corrected chi connectivity index (χ2v) is 7.65. The Bertz CT molecular complexity index is 726. The number of nitrogen functional groups attached to an aromatic ring is 1. The molecule has 2 aromatic rings. The highest BCUT2D eigenvalue weighted by Crippen LogP contribution is 2.21. The van der Waals surface area contributed by atoms with E-state index in [0.29, 0.717) is 22.8 Å². The van der Waals surface area contributed by atoms with Crippen LogP contribution < -0.4 is 10.5 Å². The van der Waals surface area contributed by atoms with E-state index in [9.17, 15) is 8.42 Å². The van der Waals surface area contributed by atoms with Crippen LogP contribution in [0.1, 0.15) is 5.69 Å². The summed E-state index contributed by atoms with van der Waals surface area (Å²) in [6.07, 6.45) is 1.65. The van der Waals surface area contributed by atoms with Crippen LogP contribution in [0.3, 0.4) is 0 Å². The smallest absolute Gasteiger partial charge is 0.233 e. The van der Waals surface area contributed by atoms with Crippen LogP contribution in [0.2, 0.25) is 0 Å². The summed E-state index contributed by atoms with van der Waals surface area (Å²) in [6.45, 7) is 1.76. The molecular weight excluding hydrogens is 308 g/mol. The molecule has 8 heteroatoms. The van der Waals surface area contributed by atoms with Gasteiger partial charge in [-0.1, -0.05) is 6.07 Å². The third-order valence-electron chi connectivity index (χ3n) is 2.76. The normalized spacial score (nSPS) is 11.5. The van der Waals surface area contributed by atoms with Crippen molar-refractivity contribution in [2.45, 2.75) is 11.8 Å². The van der Waals surface area contributed by atoms with E-state index in [1.807, 2.05) is 18.2 Å². The fourth-order valence-corrected chi connectivity index (χ4v) is 4.27. The van der Waals surface area contributed by atoms with Crippen LogP contribution in [-0.2, 0) is 17.1 Å². The predicted molar refractivity (Wildman–Crippen MR) is 86.9 cm³/mol. The molecule has 0 spiro atoms. The van der Waals surface area contributed by atoms with Gasteiger partial charge in [0.05, 0.1) is 17.1 Å². The van der Waals surface area contributed by atoms with Crippen LogP contribution in [0.25, 0.3) is 0 Å². The van der Waals surface area contributed by atoms with Gasteiger partial charge in [0.1, 0.15) is 0 Å². The summed E-state index contributed by atoms with van der Waals surface area (Å²) >= 11 is 1.46. The van der Waals surface area contributed by atoms with Gasteiger partial charge in [0.2, 0.25) is 10.0 Å². The molecule has 1 aromatic carbocycles. The Morgan fingerprint density at radius 1 is 1.43 bits per heavy atom. The van der Waals surface area contributed by atoms with E-state index < -0.39 is 10.0 Å². The first-order valence-electron chi connectivity index (χ1n) is 6.35. The molecule has 3 N–H and O–H groups in total. The third-order valence-corrected chi connectivity index (χ3v) is 5.28. The van der Waals surface area contributed by atoms with E-state index in [2.05, 4.69) is 9.82 Å². The van der Waals surface area contributed by atoms with E-state index in [0.717, 1.165) is 4.90 Å². The Hall–Kier alpha value is -1.67. The minimum absolute atomic E-state index is 0.0286. The molecule has 0 amide bonds. The molecule has 0 aliphatic carbocycles. The molecule has 0 unspecified atom stereocenters. The van der Waals surface area contributed by atoms with Gasteiger partial charge in [0, 0.05) is 29.6 Å². The Labute approximate surface area is 128 Å². The van der Waals surface area contributed by atoms with Crippen LogP contribution in [0.4, 0.5) is 11.4 Å². The average Bonchev–Trinajstić information content (AvgIpc) is 2.66. The van der Waals surface area contributed by atoms with Gasteiger partial charge in [-0.3, -0.25) is 9.40 Å². The summed E-state index contributed by atoms with van der Waals surface area (Å²) < 4.78 is 28.2. The molecule has 0 fully saturated rings. The van der Waals surface area contributed by atoms with Crippen LogP contribution in [0, 0.1) is 6.92 Å². The van der Waals surface area contributed by atoms with Crippen molar-refractivity contribution in [3.63, 3.8) is 0 Å². The summed E-state index contributed by atoms with van der Waals surface area (Å²) in [5.41, 5.74) is 7.53. The summed E-state index contributed by atoms with van der Waals surface area (Å²) in [7, 11) is -1.63. The van der Waals surface area contributed by atoms with Crippen molar-refractivity contribution < 1.29 is 8.42 Å². The maximum atomic E-state index is 12.0. The number of nitrogens with one attached hydrogen (secondary N) is 1. The van der Waals surface area contributed by atoms with Crippen molar-refractivity contribution in [1.29, 1.82) is 0 Å². The molecule has 1 heterocycles. The van der Waals surface area contributed by atoms with Crippen LogP contribution in [0.5, 0.6) is 0 Å². The summed E-state index contributed by atoms with van der Waals surface area (Å²) in [5, 5.41) is 4.10. The topological polar surface area (TPSA) is 90.0 Å². The highest BCUT2D eigenvalue weighted by molar-refractivity contribution is 8.01. The van der Waals surface area contributed by atoms with E-state index in [1.165, 1.54) is 11.8 Å². The number of thioether (sulfide) groups is 1. The molecule has 1 aromatic heterocycles. The van der Waals surface area contributed by atoms with Gasteiger partial charge in [-0.15, -0.1) is 11.8 Å². The van der Waals surface area contributed by atoms with E-state index in [-0.39, 0.29) is 5.75 Å². The van der Waals surface area contributed by atoms with Crippen molar-refractivity contribution in [3.8, 4) is 0 Å². The lowest BCUT2D eigenvalue weighted by molar-refractivity contribution is 0.602. The molecule has 114 valence electrons. The molecule has 21 heavy (non-hydrogen) atoms. The van der Waals surface area contributed by atoms with Gasteiger partial charge >= 0.3 is 0 Å². The Morgan fingerprint density at radius 2 is 2.19 bits per heavy atom. The zero-order chi connectivity index (χ0) is 15.5. The highest BCUT2D eigenvalue weighted by atomic mass is 32.2. The largest absolute Gasteiger partial charge is 0.399 e. The lowest BCUT2D eigenvalue weighted by Crippen LogP contribution is -2.18. The third kappa shape index (κ3) is 4.68. The Kier molecular flexibility index (Phi) is 4.79. The number of sulfonamides is 1. The number of rotatable bonds is 6. The molecule has 0 bridgehead atoms. The van der Waals surface area contributed by atoms with E-state index in [1.54, 1.807) is 30.9 Å². The lowest BCUT2D eigenvalue weighted by atomic mass is 10.3. The number of anilines is 2. The van der Waals surface area contributed by atoms with Crippen molar-refractivity contribution in [2.75, 3.05) is 22.0 Å². The predicted octanol–water partition coefficient (Wildman–Crippen LogP) is 1.84. The lowest BCUT2D eigenvalue weighted by Gasteiger charge is -2.07. The monoisotopic (exact) mass is 326 g/mol. The first-order chi connectivity index (χ1) is 9.85. The summed E-state index contributed by atoms with van der Waals surface area (Å²) in [6, 6.07) is 7.39. The fourth-order valence-electron chi connectivity index (χ4n) is 1.79. The van der Waals surface area contributed by atoms with Gasteiger partial charge in [-0.25, -0.2) is 8.42 Å². The molecule has 0 saturated heterocycles.